The monoisotopic (exact) mass is 281 g/mol. The average molecular weight is 281 g/mol. The molecule has 5 nitrogen and oxygen atoms in total. The lowest BCUT2D eigenvalue weighted by Gasteiger charge is -2.11. The van der Waals surface area contributed by atoms with Gasteiger partial charge in [-0.05, 0) is 24.3 Å². The van der Waals surface area contributed by atoms with E-state index in [-0.39, 0.29) is 0 Å². The fraction of sp³-hybridized carbons (Fsp3) is 0.125. The number of nitrogens with zero attached hydrogens (tertiary/aromatic N) is 2. The van der Waals surface area contributed by atoms with Gasteiger partial charge in [-0.15, -0.1) is 10.2 Å². The summed E-state index contributed by atoms with van der Waals surface area (Å²) in [6, 6.07) is 17.4. The Labute approximate surface area is 122 Å². The molecule has 0 atom stereocenters. The molecule has 0 aliphatic rings. The van der Waals surface area contributed by atoms with Crippen LogP contribution < -0.4 is 10.1 Å². The fourth-order valence-corrected chi connectivity index (χ4v) is 1.90. The van der Waals surface area contributed by atoms with Gasteiger partial charge in [-0.2, -0.15) is 0 Å². The van der Waals surface area contributed by atoms with Gasteiger partial charge < -0.3 is 14.5 Å². The second-order valence-electron chi connectivity index (χ2n) is 4.48. The van der Waals surface area contributed by atoms with Crippen LogP contribution in [0, 0.1) is 6.92 Å². The van der Waals surface area contributed by atoms with Crippen molar-refractivity contribution >= 4 is 5.69 Å². The molecule has 0 saturated heterocycles. The number of hydrogen-bond donors (Lipinski definition) is 1. The van der Waals surface area contributed by atoms with Crippen LogP contribution in [0.3, 0.4) is 0 Å². The first-order valence-electron chi connectivity index (χ1n) is 6.66. The highest BCUT2D eigenvalue weighted by molar-refractivity contribution is 5.57. The molecule has 0 saturated carbocycles. The Hall–Kier alpha value is -2.82. The quantitative estimate of drug-likeness (QED) is 0.771. The van der Waals surface area contributed by atoms with Gasteiger partial charge in [-0.3, -0.25) is 0 Å². The smallest absolute Gasteiger partial charge is 0.235 e. The van der Waals surface area contributed by atoms with Crippen molar-refractivity contribution in [1.29, 1.82) is 0 Å². The predicted molar refractivity (Wildman–Crippen MR) is 79.3 cm³/mol. The lowest BCUT2D eigenvalue weighted by Crippen LogP contribution is -2.01. The summed E-state index contributed by atoms with van der Waals surface area (Å²) in [5.74, 6) is 2.64. The van der Waals surface area contributed by atoms with Gasteiger partial charge in [-0.1, -0.05) is 30.3 Å². The van der Waals surface area contributed by atoms with Gasteiger partial charge in [0.25, 0.3) is 0 Å². The van der Waals surface area contributed by atoms with Crippen molar-refractivity contribution < 1.29 is 9.15 Å². The topological polar surface area (TPSA) is 60.2 Å². The van der Waals surface area contributed by atoms with Gasteiger partial charge in [-0.25, -0.2) is 0 Å². The van der Waals surface area contributed by atoms with Crippen molar-refractivity contribution in [3.05, 3.63) is 66.4 Å². The molecule has 1 heterocycles. The maximum Gasteiger partial charge on any atom is 0.235 e. The van der Waals surface area contributed by atoms with Crippen molar-refractivity contribution in [3.63, 3.8) is 0 Å². The van der Waals surface area contributed by atoms with E-state index in [4.69, 9.17) is 9.15 Å². The number of para-hydroxylation sites is 3. The van der Waals surface area contributed by atoms with E-state index in [0.717, 1.165) is 17.2 Å². The maximum absolute atomic E-state index is 5.87. The molecule has 0 bridgehead atoms. The van der Waals surface area contributed by atoms with Crippen LogP contribution in [0.4, 0.5) is 5.69 Å². The molecule has 3 aromatic rings. The number of nitrogens with one attached hydrogen (secondary N) is 1. The Morgan fingerprint density at radius 1 is 1.00 bits per heavy atom. The Kier molecular flexibility index (Phi) is 3.82. The number of aromatic nitrogens is 2. The molecule has 0 radical (unpaired) electrons. The van der Waals surface area contributed by atoms with Crippen LogP contribution in [0.1, 0.15) is 11.8 Å². The van der Waals surface area contributed by atoms with Crippen molar-refractivity contribution in [2.45, 2.75) is 13.5 Å². The summed E-state index contributed by atoms with van der Waals surface area (Å²) in [7, 11) is 0. The first-order chi connectivity index (χ1) is 10.3. The van der Waals surface area contributed by atoms with Gasteiger partial charge >= 0.3 is 0 Å². The largest absolute Gasteiger partial charge is 0.455 e. The third kappa shape index (κ3) is 3.39. The lowest BCUT2D eigenvalue weighted by atomic mass is 10.3. The van der Waals surface area contributed by atoms with Gasteiger partial charge in [0.2, 0.25) is 11.8 Å². The highest BCUT2D eigenvalue weighted by atomic mass is 16.5. The molecule has 106 valence electrons. The summed E-state index contributed by atoms with van der Waals surface area (Å²) in [5.41, 5.74) is 0.872. The third-order valence-corrected chi connectivity index (χ3v) is 2.86. The van der Waals surface area contributed by atoms with Crippen LogP contribution in [0.25, 0.3) is 0 Å². The normalized spacial score (nSPS) is 10.3. The minimum absolute atomic E-state index is 0.454. The average Bonchev–Trinajstić information content (AvgIpc) is 2.93. The summed E-state index contributed by atoms with van der Waals surface area (Å²) in [6.07, 6.45) is 0. The molecule has 0 fully saturated rings. The third-order valence-electron chi connectivity index (χ3n) is 2.86. The number of rotatable bonds is 5. The van der Waals surface area contributed by atoms with Crippen molar-refractivity contribution in [2.24, 2.45) is 0 Å². The van der Waals surface area contributed by atoms with Crippen LogP contribution in [-0.2, 0) is 6.54 Å². The zero-order chi connectivity index (χ0) is 14.5. The minimum Gasteiger partial charge on any atom is -0.455 e. The van der Waals surface area contributed by atoms with Crippen LogP contribution in [-0.4, -0.2) is 10.2 Å². The SMILES string of the molecule is Cc1nnc(CNc2ccccc2Oc2ccccc2)o1. The summed E-state index contributed by atoms with van der Waals surface area (Å²) < 4.78 is 11.2. The van der Waals surface area contributed by atoms with Crippen molar-refractivity contribution in [1.82, 2.24) is 10.2 Å². The van der Waals surface area contributed by atoms with Gasteiger partial charge in [0.05, 0.1) is 12.2 Å². The molecule has 2 aromatic carbocycles. The van der Waals surface area contributed by atoms with Crippen molar-refractivity contribution in [2.75, 3.05) is 5.32 Å². The van der Waals surface area contributed by atoms with Crippen LogP contribution in [0.5, 0.6) is 11.5 Å². The van der Waals surface area contributed by atoms with E-state index in [1.165, 1.54) is 0 Å². The Morgan fingerprint density at radius 2 is 1.76 bits per heavy atom. The first kappa shape index (κ1) is 13.2. The maximum atomic E-state index is 5.87. The van der Waals surface area contributed by atoms with E-state index in [0.29, 0.717) is 18.3 Å². The van der Waals surface area contributed by atoms with E-state index >= 15 is 0 Å². The summed E-state index contributed by atoms with van der Waals surface area (Å²) in [6.45, 7) is 2.22. The molecule has 21 heavy (non-hydrogen) atoms. The summed E-state index contributed by atoms with van der Waals surface area (Å²) >= 11 is 0. The van der Waals surface area contributed by atoms with Crippen molar-refractivity contribution in [3.8, 4) is 11.5 Å². The number of ether oxygens (including phenoxy) is 1. The molecule has 0 aliphatic heterocycles. The molecule has 0 aliphatic carbocycles. The zero-order valence-corrected chi connectivity index (χ0v) is 11.6. The highest BCUT2D eigenvalue weighted by Crippen LogP contribution is 2.29. The summed E-state index contributed by atoms with van der Waals surface area (Å²) in [4.78, 5) is 0. The molecule has 5 heteroatoms. The van der Waals surface area contributed by atoms with E-state index in [1.807, 2.05) is 54.6 Å². The molecule has 1 aromatic heterocycles. The number of aryl methyl sites for hydroxylation is 1. The first-order valence-corrected chi connectivity index (χ1v) is 6.66. The minimum atomic E-state index is 0.454. The Morgan fingerprint density at radius 3 is 2.52 bits per heavy atom. The van der Waals surface area contributed by atoms with Gasteiger partial charge in [0.15, 0.2) is 5.75 Å². The second-order valence-corrected chi connectivity index (χ2v) is 4.48. The van der Waals surface area contributed by atoms with E-state index in [9.17, 15) is 0 Å². The van der Waals surface area contributed by atoms with Gasteiger partial charge in [0, 0.05) is 6.92 Å². The van der Waals surface area contributed by atoms with E-state index in [2.05, 4.69) is 15.5 Å². The highest BCUT2D eigenvalue weighted by Gasteiger charge is 2.06. The van der Waals surface area contributed by atoms with Crippen LogP contribution in [0.15, 0.2) is 59.0 Å². The zero-order valence-electron chi connectivity index (χ0n) is 11.6. The van der Waals surface area contributed by atoms with Crippen LogP contribution in [0.2, 0.25) is 0 Å². The molecular weight excluding hydrogens is 266 g/mol. The lowest BCUT2D eigenvalue weighted by molar-refractivity contribution is 0.471. The number of anilines is 1. The standard InChI is InChI=1S/C16H15N3O2/c1-12-18-19-16(20-12)11-17-14-9-5-6-10-15(14)21-13-7-3-2-4-8-13/h2-10,17H,11H2,1H3. The Balaban J connectivity index is 1.73. The molecule has 0 amide bonds. The fourth-order valence-electron chi connectivity index (χ4n) is 1.90. The number of hydrogen-bond acceptors (Lipinski definition) is 5. The summed E-state index contributed by atoms with van der Waals surface area (Å²) in [5, 5.41) is 11.0. The van der Waals surface area contributed by atoms with Crippen LogP contribution >= 0.6 is 0 Å². The Bertz CT molecular complexity index is 710. The predicted octanol–water partition coefficient (Wildman–Crippen LogP) is 3.78. The molecule has 3 rings (SSSR count). The molecule has 0 unspecified atom stereocenters. The van der Waals surface area contributed by atoms with Gasteiger partial charge in [0.1, 0.15) is 5.75 Å². The molecule has 1 N–H and O–H groups in total. The molecular formula is C16H15N3O2. The molecule has 0 spiro atoms. The number of benzene rings is 2. The van der Waals surface area contributed by atoms with E-state index < -0.39 is 0 Å². The van der Waals surface area contributed by atoms with E-state index in [1.54, 1.807) is 6.92 Å². The second kappa shape index (κ2) is 6.09.